The maximum Gasteiger partial charge on any atom is 0.305 e. The molecule has 0 spiro atoms. The lowest BCUT2D eigenvalue weighted by Gasteiger charge is -2.15. The van der Waals surface area contributed by atoms with Gasteiger partial charge in [0, 0.05) is 18.7 Å². The Kier molecular flexibility index (Phi) is 6.33. The first-order chi connectivity index (χ1) is 9.47. The van der Waals surface area contributed by atoms with E-state index in [1.807, 2.05) is 0 Å². The van der Waals surface area contributed by atoms with Crippen LogP contribution in [0.25, 0.3) is 0 Å². The molecule has 3 N–H and O–H groups in total. The summed E-state index contributed by atoms with van der Waals surface area (Å²) in [5.74, 6) is 0.0764. The van der Waals surface area contributed by atoms with Crippen molar-refractivity contribution >= 4 is 40.6 Å². The molecule has 0 amide bonds. The topological polar surface area (TPSA) is 79.8 Å². The number of benzene rings is 1. The number of aliphatic carboxylic acids is 1. The SMILES string of the molecule is COc1cc(NC(=S)NCCC(=O)O)c(OC)cc1Cl. The van der Waals surface area contributed by atoms with E-state index in [0.29, 0.717) is 22.2 Å². The Morgan fingerprint density at radius 3 is 2.55 bits per heavy atom. The molecule has 0 aliphatic heterocycles. The molecular formula is C12H15ClN2O4S. The van der Waals surface area contributed by atoms with Crippen LogP contribution in [0.1, 0.15) is 6.42 Å². The first kappa shape index (κ1) is 16.3. The van der Waals surface area contributed by atoms with Crippen molar-refractivity contribution in [3.05, 3.63) is 17.2 Å². The van der Waals surface area contributed by atoms with Crippen LogP contribution in [0.5, 0.6) is 11.5 Å². The van der Waals surface area contributed by atoms with Crippen LogP contribution in [0.4, 0.5) is 5.69 Å². The highest BCUT2D eigenvalue weighted by atomic mass is 35.5. The molecule has 110 valence electrons. The number of carboxylic acids is 1. The molecule has 0 saturated heterocycles. The van der Waals surface area contributed by atoms with Gasteiger partial charge < -0.3 is 25.2 Å². The van der Waals surface area contributed by atoms with Gasteiger partial charge in [-0.1, -0.05) is 11.6 Å². The second-order valence-corrected chi connectivity index (χ2v) is 4.53. The van der Waals surface area contributed by atoms with Crippen LogP contribution < -0.4 is 20.1 Å². The van der Waals surface area contributed by atoms with Crippen molar-refractivity contribution < 1.29 is 19.4 Å². The first-order valence-electron chi connectivity index (χ1n) is 5.66. The highest BCUT2D eigenvalue weighted by Gasteiger charge is 2.11. The van der Waals surface area contributed by atoms with Gasteiger partial charge in [0.05, 0.1) is 31.4 Å². The summed E-state index contributed by atoms with van der Waals surface area (Å²) in [6.07, 6.45) is -0.0249. The molecule has 1 aromatic carbocycles. The molecule has 0 aliphatic rings. The fraction of sp³-hybridized carbons (Fsp3) is 0.333. The minimum absolute atomic E-state index is 0.0249. The van der Waals surface area contributed by atoms with Gasteiger partial charge in [-0.3, -0.25) is 4.79 Å². The largest absolute Gasteiger partial charge is 0.495 e. The molecule has 1 rings (SSSR count). The molecule has 0 fully saturated rings. The second kappa shape index (κ2) is 7.76. The number of hydrogen-bond donors (Lipinski definition) is 3. The van der Waals surface area contributed by atoms with Gasteiger partial charge >= 0.3 is 5.97 Å². The molecule has 0 saturated carbocycles. The molecule has 1 aromatic rings. The van der Waals surface area contributed by atoms with Crippen molar-refractivity contribution in [1.29, 1.82) is 0 Å². The molecule has 0 unspecified atom stereocenters. The number of carboxylic acid groups (broad SMARTS) is 1. The van der Waals surface area contributed by atoms with E-state index in [2.05, 4.69) is 10.6 Å². The molecule has 0 aliphatic carbocycles. The zero-order chi connectivity index (χ0) is 15.1. The molecule has 0 bridgehead atoms. The zero-order valence-corrected chi connectivity index (χ0v) is 12.6. The maximum atomic E-state index is 10.4. The smallest absolute Gasteiger partial charge is 0.305 e. The molecule has 0 heterocycles. The predicted octanol–water partition coefficient (Wildman–Crippen LogP) is 2.12. The quantitative estimate of drug-likeness (QED) is 0.693. The van der Waals surface area contributed by atoms with Gasteiger partial charge in [-0.15, -0.1) is 0 Å². The Balaban J connectivity index is 2.75. The fourth-order valence-electron chi connectivity index (χ4n) is 1.41. The minimum atomic E-state index is -0.897. The molecule has 20 heavy (non-hydrogen) atoms. The molecule has 0 radical (unpaired) electrons. The van der Waals surface area contributed by atoms with Crippen molar-refractivity contribution in [2.45, 2.75) is 6.42 Å². The summed E-state index contributed by atoms with van der Waals surface area (Å²) in [4.78, 5) is 10.4. The van der Waals surface area contributed by atoms with Gasteiger partial charge in [0.2, 0.25) is 0 Å². The summed E-state index contributed by atoms with van der Waals surface area (Å²) in [6.45, 7) is 0.230. The minimum Gasteiger partial charge on any atom is -0.495 e. The summed E-state index contributed by atoms with van der Waals surface area (Å²) >= 11 is 11.1. The first-order valence-corrected chi connectivity index (χ1v) is 6.44. The highest BCUT2D eigenvalue weighted by molar-refractivity contribution is 7.80. The molecule has 6 nitrogen and oxygen atoms in total. The van der Waals surface area contributed by atoms with Crippen LogP contribution in [0, 0.1) is 0 Å². The lowest BCUT2D eigenvalue weighted by molar-refractivity contribution is -0.136. The third-order valence-electron chi connectivity index (χ3n) is 2.35. The van der Waals surface area contributed by atoms with E-state index in [0.717, 1.165) is 0 Å². The fourth-order valence-corrected chi connectivity index (χ4v) is 1.85. The Morgan fingerprint density at radius 1 is 1.35 bits per heavy atom. The van der Waals surface area contributed by atoms with Crippen molar-refractivity contribution in [3.8, 4) is 11.5 Å². The van der Waals surface area contributed by atoms with Crippen LogP contribution in [0.15, 0.2) is 12.1 Å². The number of thiocarbonyl (C=S) groups is 1. The zero-order valence-electron chi connectivity index (χ0n) is 11.0. The number of ether oxygens (including phenoxy) is 2. The average Bonchev–Trinajstić information content (AvgIpc) is 2.39. The van der Waals surface area contributed by atoms with Crippen LogP contribution in [-0.4, -0.2) is 37.0 Å². The van der Waals surface area contributed by atoms with Crippen LogP contribution in [0.3, 0.4) is 0 Å². The lowest BCUT2D eigenvalue weighted by atomic mass is 10.2. The van der Waals surface area contributed by atoms with Crippen LogP contribution >= 0.6 is 23.8 Å². The second-order valence-electron chi connectivity index (χ2n) is 3.71. The Labute approximate surface area is 127 Å². The summed E-state index contributed by atoms with van der Waals surface area (Å²) < 4.78 is 10.3. The summed E-state index contributed by atoms with van der Waals surface area (Å²) in [7, 11) is 3.01. The van der Waals surface area contributed by atoms with Gasteiger partial charge in [-0.05, 0) is 12.2 Å². The number of carbonyl (C=O) groups is 1. The Hall–Kier alpha value is -1.73. The number of rotatable bonds is 6. The molecular weight excluding hydrogens is 304 g/mol. The number of hydrogen-bond acceptors (Lipinski definition) is 4. The monoisotopic (exact) mass is 318 g/mol. The van der Waals surface area contributed by atoms with Gasteiger partial charge in [0.1, 0.15) is 11.5 Å². The summed E-state index contributed by atoms with van der Waals surface area (Å²) in [6, 6.07) is 3.24. The standard InChI is InChI=1S/C12H15ClN2O4S/c1-18-9-6-8(10(19-2)5-7(9)13)15-12(20)14-4-3-11(16)17/h5-6H,3-4H2,1-2H3,(H,16,17)(H2,14,15,20). The van der Waals surface area contributed by atoms with Gasteiger partial charge in [0.25, 0.3) is 0 Å². The van der Waals surface area contributed by atoms with Gasteiger partial charge in [0.15, 0.2) is 5.11 Å². The van der Waals surface area contributed by atoms with Crippen molar-refractivity contribution in [2.24, 2.45) is 0 Å². The average molecular weight is 319 g/mol. The van der Waals surface area contributed by atoms with E-state index < -0.39 is 5.97 Å². The molecule has 0 aromatic heterocycles. The van der Waals surface area contributed by atoms with E-state index in [1.54, 1.807) is 12.1 Å². The molecule has 0 atom stereocenters. The van der Waals surface area contributed by atoms with Gasteiger partial charge in [-0.25, -0.2) is 0 Å². The third-order valence-corrected chi connectivity index (χ3v) is 2.89. The van der Waals surface area contributed by atoms with E-state index in [4.69, 9.17) is 38.4 Å². The van der Waals surface area contributed by atoms with E-state index in [-0.39, 0.29) is 18.1 Å². The molecule has 8 heteroatoms. The number of nitrogens with one attached hydrogen (secondary N) is 2. The number of anilines is 1. The van der Waals surface area contributed by atoms with Crippen LogP contribution in [-0.2, 0) is 4.79 Å². The predicted molar refractivity (Wildman–Crippen MR) is 81.0 cm³/mol. The summed E-state index contributed by atoms with van der Waals surface area (Å²) in [5.41, 5.74) is 0.571. The normalized spacial score (nSPS) is 9.75. The highest BCUT2D eigenvalue weighted by Crippen LogP contribution is 2.35. The van der Waals surface area contributed by atoms with E-state index in [1.165, 1.54) is 14.2 Å². The van der Waals surface area contributed by atoms with Gasteiger partial charge in [-0.2, -0.15) is 0 Å². The van der Waals surface area contributed by atoms with Crippen molar-refractivity contribution in [1.82, 2.24) is 5.32 Å². The third kappa shape index (κ3) is 4.75. The maximum absolute atomic E-state index is 10.4. The number of halogens is 1. The Morgan fingerprint density at radius 2 is 2.00 bits per heavy atom. The summed E-state index contributed by atoms with van der Waals surface area (Å²) in [5, 5.41) is 14.9. The van der Waals surface area contributed by atoms with Crippen molar-refractivity contribution in [2.75, 3.05) is 26.1 Å². The Bertz CT molecular complexity index is 510. The van der Waals surface area contributed by atoms with Crippen LogP contribution in [0.2, 0.25) is 5.02 Å². The van der Waals surface area contributed by atoms with Crippen molar-refractivity contribution in [3.63, 3.8) is 0 Å². The number of methoxy groups -OCH3 is 2. The van der Waals surface area contributed by atoms with E-state index in [9.17, 15) is 4.79 Å². The van der Waals surface area contributed by atoms with E-state index >= 15 is 0 Å². The lowest BCUT2D eigenvalue weighted by Crippen LogP contribution is -2.30.